The predicted molar refractivity (Wildman–Crippen MR) is 82.7 cm³/mol. The van der Waals surface area contributed by atoms with Crippen molar-refractivity contribution in [1.29, 1.82) is 0 Å². The van der Waals surface area contributed by atoms with Gasteiger partial charge in [-0.15, -0.1) is 0 Å². The number of aliphatic hydroxyl groups is 1. The summed E-state index contributed by atoms with van der Waals surface area (Å²) < 4.78 is 0. The number of hydrogen-bond acceptors (Lipinski definition) is 1. The first-order valence-electron chi connectivity index (χ1n) is 7.61. The molecule has 1 saturated carbocycles. The highest BCUT2D eigenvalue weighted by molar-refractivity contribution is 5.31. The Morgan fingerprint density at radius 1 is 1.05 bits per heavy atom. The molecule has 0 bridgehead atoms. The minimum absolute atomic E-state index is 0.323. The van der Waals surface area contributed by atoms with E-state index in [1.54, 1.807) is 0 Å². The zero-order chi connectivity index (χ0) is 13.9. The molecule has 0 radical (unpaired) electrons. The minimum Gasteiger partial charge on any atom is -0.388 e. The van der Waals surface area contributed by atoms with Crippen molar-refractivity contribution >= 4 is 0 Å². The van der Waals surface area contributed by atoms with E-state index in [4.69, 9.17) is 0 Å². The minimum atomic E-state index is -0.323. The molecule has 2 aromatic carbocycles. The molecule has 0 aromatic heterocycles. The molecule has 20 heavy (non-hydrogen) atoms. The van der Waals surface area contributed by atoms with Crippen LogP contribution in [0.4, 0.5) is 0 Å². The molecule has 3 atom stereocenters. The fraction of sp³-hybridized carbons (Fsp3) is 0.368. The molecule has 0 saturated heterocycles. The molecule has 0 spiro atoms. The summed E-state index contributed by atoms with van der Waals surface area (Å²) in [4.78, 5) is 0. The maximum atomic E-state index is 10.5. The van der Waals surface area contributed by atoms with Crippen molar-refractivity contribution in [2.24, 2.45) is 5.92 Å². The molecule has 1 N–H and O–H groups in total. The van der Waals surface area contributed by atoms with Gasteiger partial charge in [-0.25, -0.2) is 0 Å². The number of hydrogen-bond donors (Lipinski definition) is 1. The maximum Gasteiger partial charge on any atom is 0.0824 e. The Morgan fingerprint density at radius 2 is 1.75 bits per heavy atom. The monoisotopic (exact) mass is 266 g/mol. The Balaban J connectivity index is 1.67. The van der Waals surface area contributed by atoms with Crippen molar-refractivity contribution in [3.8, 4) is 0 Å². The van der Waals surface area contributed by atoms with E-state index in [-0.39, 0.29) is 6.10 Å². The van der Waals surface area contributed by atoms with Gasteiger partial charge in [0.15, 0.2) is 0 Å². The Morgan fingerprint density at radius 3 is 2.40 bits per heavy atom. The van der Waals surface area contributed by atoms with E-state index in [1.165, 1.54) is 17.5 Å². The third-order valence-electron chi connectivity index (χ3n) is 4.33. The summed E-state index contributed by atoms with van der Waals surface area (Å²) in [5.74, 6) is 0.913. The van der Waals surface area contributed by atoms with Crippen LogP contribution in [0, 0.1) is 5.92 Å². The van der Waals surface area contributed by atoms with Crippen molar-refractivity contribution < 1.29 is 5.11 Å². The van der Waals surface area contributed by atoms with Gasteiger partial charge in [0.1, 0.15) is 0 Å². The van der Waals surface area contributed by atoms with Gasteiger partial charge in [-0.2, -0.15) is 0 Å². The van der Waals surface area contributed by atoms with Crippen LogP contribution in [0.25, 0.3) is 0 Å². The van der Waals surface area contributed by atoms with Crippen molar-refractivity contribution in [3.63, 3.8) is 0 Å². The van der Waals surface area contributed by atoms with Crippen molar-refractivity contribution in [2.75, 3.05) is 0 Å². The Bertz CT molecular complexity index is 544. The summed E-state index contributed by atoms with van der Waals surface area (Å²) in [5, 5.41) is 10.5. The normalized spacial score (nSPS) is 22.5. The summed E-state index contributed by atoms with van der Waals surface area (Å²) >= 11 is 0. The molecule has 3 rings (SSSR count). The van der Waals surface area contributed by atoms with Crippen molar-refractivity contribution in [1.82, 2.24) is 0 Å². The van der Waals surface area contributed by atoms with Crippen molar-refractivity contribution in [3.05, 3.63) is 71.3 Å². The van der Waals surface area contributed by atoms with Crippen LogP contribution in [0.2, 0.25) is 0 Å². The van der Waals surface area contributed by atoms with E-state index in [0.717, 1.165) is 18.4 Å². The summed E-state index contributed by atoms with van der Waals surface area (Å²) in [6.45, 7) is 2.19. The molecule has 0 heterocycles. The molecule has 1 fully saturated rings. The quantitative estimate of drug-likeness (QED) is 0.846. The van der Waals surface area contributed by atoms with Gasteiger partial charge in [0.25, 0.3) is 0 Å². The smallest absolute Gasteiger partial charge is 0.0824 e. The number of rotatable bonds is 5. The largest absolute Gasteiger partial charge is 0.388 e. The highest BCUT2D eigenvalue weighted by Crippen LogP contribution is 2.53. The van der Waals surface area contributed by atoms with E-state index >= 15 is 0 Å². The van der Waals surface area contributed by atoms with Gasteiger partial charge in [-0.05, 0) is 41.4 Å². The first kappa shape index (κ1) is 13.4. The van der Waals surface area contributed by atoms with Crippen LogP contribution in [0.1, 0.15) is 48.5 Å². The summed E-state index contributed by atoms with van der Waals surface area (Å²) in [5.41, 5.74) is 3.78. The van der Waals surface area contributed by atoms with E-state index in [0.29, 0.717) is 11.8 Å². The van der Waals surface area contributed by atoms with Crippen LogP contribution in [-0.4, -0.2) is 5.11 Å². The Kier molecular flexibility index (Phi) is 3.88. The van der Waals surface area contributed by atoms with Gasteiger partial charge < -0.3 is 5.11 Å². The highest BCUT2D eigenvalue weighted by Gasteiger charge is 2.43. The second kappa shape index (κ2) is 5.80. The van der Waals surface area contributed by atoms with E-state index < -0.39 is 0 Å². The molecule has 0 aliphatic heterocycles. The van der Waals surface area contributed by atoms with Gasteiger partial charge in [-0.3, -0.25) is 0 Å². The topological polar surface area (TPSA) is 20.2 Å². The van der Waals surface area contributed by atoms with E-state index in [2.05, 4.69) is 55.5 Å². The average molecular weight is 266 g/mol. The third-order valence-corrected chi connectivity index (χ3v) is 4.33. The highest BCUT2D eigenvalue weighted by atomic mass is 16.3. The average Bonchev–Trinajstić information content (AvgIpc) is 3.29. The maximum absolute atomic E-state index is 10.5. The van der Waals surface area contributed by atoms with E-state index in [1.807, 2.05) is 6.07 Å². The lowest BCUT2D eigenvalue weighted by atomic mass is 9.99. The Labute approximate surface area is 121 Å². The molecule has 1 nitrogen and oxygen atoms in total. The molecule has 1 aliphatic rings. The molecule has 0 amide bonds. The zero-order valence-electron chi connectivity index (χ0n) is 12.0. The van der Waals surface area contributed by atoms with E-state index in [9.17, 15) is 5.11 Å². The lowest BCUT2D eigenvalue weighted by Crippen LogP contribution is -2.01. The van der Waals surface area contributed by atoms with Crippen LogP contribution in [-0.2, 0) is 6.42 Å². The lowest BCUT2D eigenvalue weighted by Gasteiger charge is -2.11. The number of aryl methyl sites for hydroxylation is 1. The molecular weight excluding hydrogens is 244 g/mol. The second-order valence-electron chi connectivity index (χ2n) is 5.85. The molecule has 104 valence electrons. The van der Waals surface area contributed by atoms with Gasteiger partial charge in [0.05, 0.1) is 6.10 Å². The molecule has 1 heteroatoms. The lowest BCUT2D eigenvalue weighted by molar-refractivity contribution is 0.151. The number of aliphatic hydroxyl groups excluding tert-OH is 1. The fourth-order valence-corrected chi connectivity index (χ4v) is 3.06. The first-order chi connectivity index (χ1) is 9.79. The zero-order valence-corrected chi connectivity index (χ0v) is 12.0. The third kappa shape index (κ3) is 2.78. The van der Waals surface area contributed by atoms with Crippen LogP contribution in [0.3, 0.4) is 0 Å². The first-order valence-corrected chi connectivity index (χ1v) is 7.61. The van der Waals surface area contributed by atoms with Crippen LogP contribution in [0.15, 0.2) is 54.6 Å². The van der Waals surface area contributed by atoms with Crippen LogP contribution < -0.4 is 0 Å². The standard InChI is InChI=1S/C19H22O/c1-2-6-14-9-11-16(12-10-14)19(20)18-13-17(18)15-7-4-3-5-8-15/h3-5,7-12,17-20H,2,6,13H2,1H3. The van der Waals surface area contributed by atoms with Gasteiger partial charge in [0, 0.05) is 0 Å². The molecule has 3 unspecified atom stereocenters. The fourth-order valence-electron chi connectivity index (χ4n) is 3.06. The van der Waals surface area contributed by atoms with Gasteiger partial charge >= 0.3 is 0 Å². The summed E-state index contributed by atoms with van der Waals surface area (Å²) in [6, 6.07) is 19.0. The summed E-state index contributed by atoms with van der Waals surface area (Å²) in [6.07, 6.45) is 3.06. The van der Waals surface area contributed by atoms with Gasteiger partial charge in [0.2, 0.25) is 0 Å². The Hall–Kier alpha value is -1.60. The summed E-state index contributed by atoms with van der Waals surface area (Å²) in [7, 11) is 0. The molecular formula is C19H22O. The second-order valence-corrected chi connectivity index (χ2v) is 5.85. The predicted octanol–water partition coefficient (Wildman–Crippen LogP) is 4.48. The van der Waals surface area contributed by atoms with Crippen LogP contribution in [0.5, 0.6) is 0 Å². The van der Waals surface area contributed by atoms with Crippen LogP contribution >= 0.6 is 0 Å². The van der Waals surface area contributed by atoms with Crippen molar-refractivity contribution in [2.45, 2.75) is 38.2 Å². The molecule has 1 aliphatic carbocycles. The molecule has 2 aromatic rings. The number of benzene rings is 2. The van der Waals surface area contributed by atoms with Gasteiger partial charge in [-0.1, -0.05) is 67.9 Å². The SMILES string of the molecule is CCCc1ccc(C(O)C2CC2c2ccccc2)cc1.